The lowest BCUT2D eigenvalue weighted by atomic mass is 9.67. The van der Waals surface area contributed by atoms with Crippen molar-refractivity contribution in [2.45, 2.75) is 70.4 Å². The first-order valence-corrected chi connectivity index (χ1v) is 11.3. The molecule has 0 bridgehead atoms. The lowest BCUT2D eigenvalue weighted by Crippen LogP contribution is -2.55. The fourth-order valence-electron chi connectivity index (χ4n) is 5.88. The zero-order valence-electron chi connectivity index (χ0n) is 18.6. The normalized spacial score (nSPS) is 32.2. The summed E-state index contributed by atoms with van der Waals surface area (Å²) in [7, 11) is 1.49. The SMILES string of the molecule is COC1=CC(C(=O)NC2CCCCC2NC(C)=O)C2(C)Cc3ccccc3C2CC1=O. The van der Waals surface area contributed by atoms with E-state index in [1.807, 2.05) is 12.1 Å². The van der Waals surface area contributed by atoms with Gasteiger partial charge >= 0.3 is 0 Å². The van der Waals surface area contributed by atoms with Crippen molar-refractivity contribution in [2.24, 2.45) is 11.3 Å². The molecule has 1 aromatic carbocycles. The molecular formula is C25H32N2O4. The maximum absolute atomic E-state index is 13.7. The number of carbonyl (C=O) groups excluding carboxylic acids is 3. The van der Waals surface area contributed by atoms with Gasteiger partial charge in [-0.25, -0.2) is 0 Å². The highest BCUT2D eigenvalue weighted by Gasteiger charge is 2.52. The monoisotopic (exact) mass is 424 g/mol. The van der Waals surface area contributed by atoms with Gasteiger partial charge in [0.25, 0.3) is 0 Å². The first-order chi connectivity index (χ1) is 14.8. The molecule has 0 aromatic heterocycles. The summed E-state index contributed by atoms with van der Waals surface area (Å²) in [5.74, 6) is -0.479. The van der Waals surface area contributed by atoms with E-state index in [0.29, 0.717) is 6.42 Å². The van der Waals surface area contributed by atoms with E-state index in [4.69, 9.17) is 4.74 Å². The van der Waals surface area contributed by atoms with Gasteiger partial charge in [0.15, 0.2) is 11.5 Å². The fraction of sp³-hybridized carbons (Fsp3) is 0.560. The number of ketones is 1. The molecule has 0 saturated heterocycles. The quantitative estimate of drug-likeness (QED) is 0.778. The summed E-state index contributed by atoms with van der Waals surface area (Å²) in [6, 6.07) is 8.04. The number of benzene rings is 1. The number of amides is 2. The van der Waals surface area contributed by atoms with Crippen molar-refractivity contribution >= 4 is 17.6 Å². The van der Waals surface area contributed by atoms with Crippen molar-refractivity contribution in [1.82, 2.24) is 10.6 Å². The Morgan fingerprint density at radius 1 is 1.10 bits per heavy atom. The molecule has 0 heterocycles. The first kappa shape index (κ1) is 21.6. The number of allylic oxidation sites excluding steroid dienone is 1. The smallest absolute Gasteiger partial charge is 0.227 e. The molecule has 3 aliphatic carbocycles. The van der Waals surface area contributed by atoms with Crippen molar-refractivity contribution in [2.75, 3.05) is 7.11 Å². The van der Waals surface area contributed by atoms with Crippen LogP contribution in [-0.2, 0) is 25.5 Å². The van der Waals surface area contributed by atoms with Gasteiger partial charge in [-0.3, -0.25) is 14.4 Å². The average Bonchev–Trinajstić information content (AvgIpc) is 2.95. The second kappa shape index (κ2) is 8.48. The van der Waals surface area contributed by atoms with Crippen LogP contribution in [0.15, 0.2) is 36.1 Å². The minimum Gasteiger partial charge on any atom is -0.493 e. The lowest BCUT2D eigenvalue weighted by molar-refractivity contribution is -0.129. The number of rotatable bonds is 4. The molecule has 6 heteroatoms. The maximum atomic E-state index is 13.7. The number of carbonyl (C=O) groups is 3. The first-order valence-electron chi connectivity index (χ1n) is 11.3. The van der Waals surface area contributed by atoms with Gasteiger partial charge in [-0.05, 0) is 47.8 Å². The predicted molar refractivity (Wildman–Crippen MR) is 117 cm³/mol. The Morgan fingerprint density at radius 2 is 1.77 bits per heavy atom. The molecule has 0 radical (unpaired) electrons. The van der Waals surface area contributed by atoms with Gasteiger partial charge in [0.2, 0.25) is 11.8 Å². The Kier molecular flexibility index (Phi) is 5.91. The van der Waals surface area contributed by atoms with Gasteiger partial charge in [0, 0.05) is 25.4 Å². The van der Waals surface area contributed by atoms with E-state index in [2.05, 4.69) is 29.7 Å². The van der Waals surface area contributed by atoms with Gasteiger partial charge in [0.1, 0.15) is 0 Å². The third kappa shape index (κ3) is 4.00. The minimum absolute atomic E-state index is 0.0339. The van der Waals surface area contributed by atoms with Crippen LogP contribution in [0.2, 0.25) is 0 Å². The molecule has 0 spiro atoms. The molecule has 2 amide bonds. The molecule has 6 nitrogen and oxygen atoms in total. The number of hydrogen-bond acceptors (Lipinski definition) is 4. The summed E-state index contributed by atoms with van der Waals surface area (Å²) >= 11 is 0. The number of nitrogens with one attached hydrogen (secondary N) is 2. The summed E-state index contributed by atoms with van der Waals surface area (Å²) in [5.41, 5.74) is 1.96. The van der Waals surface area contributed by atoms with Crippen LogP contribution in [0, 0.1) is 11.3 Å². The Labute approximate surface area is 183 Å². The number of fused-ring (bicyclic) bond motifs is 3. The average molecular weight is 425 g/mol. The molecule has 5 atom stereocenters. The van der Waals surface area contributed by atoms with Crippen LogP contribution in [0.3, 0.4) is 0 Å². The molecular weight excluding hydrogens is 392 g/mol. The van der Waals surface area contributed by atoms with Crippen LogP contribution < -0.4 is 10.6 Å². The van der Waals surface area contributed by atoms with Gasteiger partial charge in [0.05, 0.1) is 13.0 Å². The highest BCUT2D eigenvalue weighted by atomic mass is 16.5. The number of methoxy groups -OCH3 is 1. The van der Waals surface area contributed by atoms with Gasteiger partial charge in [-0.15, -0.1) is 0 Å². The summed E-state index contributed by atoms with van der Waals surface area (Å²) in [5, 5.41) is 6.23. The van der Waals surface area contributed by atoms with Crippen LogP contribution in [0.4, 0.5) is 0 Å². The molecule has 2 N–H and O–H groups in total. The number of hydrogen-bond donors (Lipinski definition) is 2. The Morgan fingerprint density at radius 3 is 2.45 bits per heavy atom. The third-order valence-electron chi connectivity index (χ3n) is 7.48. The summed E-state index contributed by atoms with van der Waals surface area (Å²) in [6.07, 6.45) is 6.58. The standard InChI is InChI=1S/C25H32N2O4/c1-15(28)26-20-10-6-7-11-21(20)27-24(30)19-13-23(31-3)22(29)12-18-17-9-5-4-8-16(17)14-25(18,19)2/h4-5,8-9,13,18-21H,6-7,10-12,14H2,1-3H3,(H,26,28)(H,27,30). The zero-order chi connectivity index (χ0) is 22.2. The van der Waals surface area contributed by atoms with E-state index >= 15 is 0 Å². The van der Waals surface area contributed by atoms with E-state index in [9.17, 15) is 14.4 Å². The van der Waals surface area contributed by atoms with Crippen molar-refractivity contribution in [3.05, 3.63) is 47.2 Å². The van der Waals surface area contributed by atoms with E-state index in [-0.39, 0.29) is 41.4 Å². The highest BCUT2D eigenvalue weighted by Crippen LogP contribution is 2.55. The molecule has 1 aromatic rings. The molecule has 1 fully saturated rings. The molecule has 166 valence electrons. The molecule has 0 aliphatic heterocycles. The van der Waals surface area contributed by atoms with Crippen LogP contribution in [0.1, 0.15) is 63.0 Å². The van der Waals surface area contributed by atoms with E-state index in [1.165, 1.54) is 19.6 Å². The maximum Gasteiger partial charge on any atom is 0.227 e. The minimum atomic E-state index is -0.494. The molecule has 5 unspecified atom stereocenters. The zero-order valence-corrected chi connectivity index (χ0v) is 18.6. The predicted octanol–water partition coefficient (Wildman–Crippen LogP) is 3.02. The van der Waals surface area contributed by atoms with Crippen LogP contribution in [-0.4, -0.2) is 36.8 Å². The Balaban J connectivity index is 1.65. The van der Waals surface area contributed by atoms with Crippen LogP contribution in [0.25, 0.3) is 0 Å². The van der Waals surface area contributed by atoms with Gasteiger partial charge in [-0.2, -0.15) is 0 Å². The fourth-order valence-corrected chi connectivity index (χ4v) is 5.88. The summed E-state index contributed by atoms with van der Waals surface area (Å²) in [6.45, 7) is 3.63. The molecule has 4 rings (SSSR count). The summed E-state index contributed by atoms with van der Waals surface area (Å²) < 4.78 is 5.40. The van der Waals surface area contributed by atoms with Crippen LogP contribution >= 0.6 is 0 Å². The van der Waals surface area contributed by atoms with Crippen molar-refractivity contribution in [3.63, 3.8) is 0 Å². The van der Waals surface area contributed by atoms with Gasteiger partial charge < -0.3 is 15.4 Å². The lowest BCUT2D eigenvalue weighted by Gasteiger charge is -2.38. The largest absolute Gasteiger partial charge is 0.493 e. The second-order valence-electron chi connectivity index (χ2n) is 9.48. The summed E-state index contributed by atoms with van der Waals surface area (Å²) in [4.78, 5) is 38.2. The van der Waals surface area contributed by atoms with E-state index in [0.717, 1.165) is 37.7 Å². The molecule has 31 heavy (non-hydrogen) atoms. The van der Waals surface area contributed by atoms with E-state index < -0.39 is 11.3 Å². The van der Waals surface area contributed by atoms with Crippen molar-refractivity contribution in [1.29, 1.82) is 0 Å². The highest BCUT2D eigenvalue weighted by molar-refractivity contribution is 5.96. The molecule has 3 aliphatic rings. The third-order valence-corrected chi connectivity index (χ3v) is 7.48. The molecule has 1 saturated carbocycles. The van der Waals surface area contributed by atoms with E-state index in [1.54, 1.807) is 6.08 Å². The van der Waals surface area contributed by atoms with Crippen molar-refractivity contribution < 1.29 is 19.1 Å². The number of ether oxygens (including phenoxy) is 1. The topological polar surface area (TPSA) is 84.5 Å². The van der Waals surface area contributed by atoms with Gasteiger partial charge in [-0.1, -0.05) is 44.0 Å². The van der Waals surface area contributed by atoms with Crippen molar-refractivity contribution in [3.8, 4) is 0 Å². The Hall–Kier alpha value is -2.63. The number of Topliss-reactive ketones (excluding diaryl/α,β-unsaturated/α-hetero) is 1. The second-order valence-corrected chi connectivity index (χ2v) is 9.48. The van der Waals surface area contributed by atoms with Crippen LogP contribution in [0.5, 0.6) is 0 Å². The Bertz CT molecular complexity index is 924.